The number of ketones is 1. The average molecular weight is 349 g/mol. The number of alkyl carbamates (subject to hydrolysis) is 1. The molecule has 1 aromatic carbocycles. The molecule has 2 N–H and O–H groups in total. The average Bonchev–Trinajstić information content (AvgIpc) is 2.50. The van der Waals surface area contributed by atoms with Gasteiger partial charge in [-0.1, -0.05) is 37.3 Å². The minimum Gasteiger partial charge on any atom is -0.481 e. The van der Waals surface area contributed by atoms with Crippen LogP contribution in [0.15, 0.2) is 30.3 Å². The molecule has 0 fully saturated rings. The van der Waals surface area contributed by atoms with Crippen molar-refractivity contribution in [2.75, 3.05) is 0 Å². The van der Waals surface area contributed by atoms with Crippen LogP contribution in [0.4, 0.5) is 4.79 Å². The van der Waals surface area contributed by atoms with E-state index in [4.69, 9.17) is 9.84 Å². The molecule has 1 rings (SSSR count). The zero-order valence-corrected chi connectivity index (χ0v) is 15.2. The van der Waals surface area contributed by atoms with Crippen LogP contribution in [-0.2, 0) is 20.7 Å². The molecule has 6 heteroatoms. The van der Waals surface area contributed by atoms with E-state index in [0.717, 1.165) is 5.56 Å². The molecule has 0 saturated heterocycles. The third-order valence-corrected chi connectivity index (χ3v) is 3.65. The summed E-state index contributed by atoms with van der Waals surface area (Å²) >= 11 is 0. The van der Waals surface area contributed by atoms with Gasteiger partial charge in [0.05, 0.1) is 12.0 Å². The first-order valence-electron chi connectivity index (χ1n) is 8.41. The van der Waals surface area contributed by atoms with Crippen molar-refractivity contribution in [1.82, 2.24) is 5.32 Å². The number of benzene rings is 1. The molecule has 0 aliphatic rings. The molecule has 0 bridgehead atoms. The Kier molecular flexibility index (Phi) is 7.61. The first-order chi connectivity index (χ1) is 11.6. The van der Waals surface area contributed by atoms with Crippen molar-refractivity contribution in [2.24, 2.45) is 5.92 Å². The van der Waals surface area contributed by atoms with Crippen LogP contribution < -0.4 is 5.32 Å². The number of hydrogen-bond donors (Lipinski definition) is 2. The molecule has 6 nitrogen and oxygen atoms in total. The predicted molar refractivity (Wildman–Crippen MR) is 94.3 cm³/mol. The molecule has 0 radical (unpaired) electrons. The van der Waals surface area contributed by atoms with Gasteiger partial charge in [0, 0.05) is 6.42 Å². The van der Waals surface area contributed by atoms with Crippen molar-refractivity contribution < 1.29 is 24.2 Å². The molecule has 0 aliphatic heterocycles. The largest absolute Gasteiger partial charge is 0.481 e. The lowest BCUT2D eigenvalue weighted by molar-refractivity contribution is -0.144. The number of aliphatic carboxylic acids is 1. The molecule has 1 amide bonds. The van der Waals surface area contributed by atoms with Gasteiger partial charge >= 0.3 is 12.1 Å². The smallest absolute Gasteiger partial charge is 0.408 e. The number of carboxylic acid groups (broad SMARTS) is 1. The molecule has 1 aromatic rings. The van der Waals surface area contributed by atoms with E-state index < -0.39 is 29.6 Å². The Morgan fingerprint density at radius 1 is 1.16 bits per heavy atom. The van der Waals surface area contributed by atoms with Gasteiger partial charge in [-0.3, -0.25) is 9.59 Å². The van der Waals surface area contributed by atoms with Gasteiger partial charge in [0.1, 0.15) is 5.60 Å². The van der Waals surface area contributed by atoms with E-state index >= 15 is 0 Å². The van der Waals surface area contributed by atoms with Gasteiger partial charge < -0.3 is 15.2 Å². The standard InChI is InChI=1S/C19H27NO5/c1-5-14(17(22)23)12-16(21)15(11-13-9-7-6-8-10-13)20-18(24)25-19(2,3)4/h6-10,14-15H,5,11-12H2,1-4H3,(H,20,24)(H,22,23)/t14?,15-/m0/s1. The monoisotopic (exact) mass is 349 g/mol. The van der Waals surface area contributed by atoms with E-state index in [9.17, 15) is 14.4 Å². The summed E-state index contributed by atoms with van der Waals surface area (Å²) in [6.45, 7) is 6.92. The van der Waals surface area contributed by atoms with Gasteiger partial charge in [0.2, 0.25) is 0 Å². The fraction of sp³-hybridized carbons (Fsp3) is 0.526. The molecule has 0 aromatic heterocycles. The molecule has 0 spiro atoms. The van der Waals surface area contributed by atoms with Gasteiger partial charge in [0.15, 0.2) is 5.78 Å². The zero-order valence-electron chi connectivity index (χ0n) is 15.2. The van der Waals surface area contributed by atoms with Crippen molar-refractivity contribution >= 4 is 17.8 Å². The SMILES string of the molecule is CCC(CC(=O)[C@H](Cc1ccccc1)NC(=O)OC(C)(C)C)C(=O)O. The minimum absolute atomic E-state index is 0.126. The topological polar surface area (TPSA) is 92.7 Å². The molecule has 138 valence electrons. The Bertz CT molecular complexity index is 592. The molecule has 1 unspecified atom stereocenters. The Hall–Kier alpha value is -2.37. The Balaban J connectivity index is 2.88. The lowest BCUT2D eigenvalue weighted by Crippen LogP contribution is -2.45. The highest BCUT2D eigenvalue weighted by molar-refractivity contribution is 5.90. The maximum atomic E-state index is 12.6. The van der Waals surface area contributed by atoms with Gasteiger partial charge in [0.25, 0.3) is 0 Å². The second-order valence-corrected chi connectivity index (χ2v) is 7.00. The second kappa shape index (κ2) is 9.20. The lowest BCUT2D eigenvalue weighted by Gasteiger charge is -2.24. The van der Waals surface area contributed by atoms with E-state index in [0.29, 0.717) is 6.42 Å². The molecular formula is C19H27NO5. The fourth-order valence-corrected chi connectivity index (χ4v) is 2.34. The van der Waals surface area contributed by atoms with Crippen molar-refractivity contribution in [1.29, 1.82) is 0 Å². The summed E-state index contributed by atoms with van der Waals surface area (Å²) in [6, 6.07) is 8.43. The quantitative estimate of drug-likeness (QED) is 0.752. The summed E-state index contributed by atoms with van der Waals surface area (Å²) in [4.78, 5) is 35.8. The number of carbonyl (C=O) groups is 3. The maximum Gasteiger partial charge on any atom is 0.408 e. The van der Waals surface area contributed by atoms with E-state index in [-0.39, 0.29) is 18.6 Å². The van der Waals surface area contributed by atoms with Crippen LogP contribution in [0.25, 0.3) is 0 Å². The molecule has 2 atom stereocenters. The highest BCUT2D eigenvalue weighted by atomic mass is 16.6. The van der Waals surface area contributed by atoms with Gasteiger partial charge in [-0.05, 0) is 39.2 Å². The number of carbonyl (C=O) groups excluding carboxylic acids is 2. The lowest BCUT2D eigenvalue weighted by atomic mass is 9.93. The number of amides is 1. The summed E-state index contributed by atoms with van der Waals surface area (Å²) < 4.78 is 5.22. The van der Waals surface area contributed by atoms with E-state index in [1.165, 1.54) is 0 Å². The minimum atomic E-state index is -1.01. The van der Waals surface area contributed by atoms with Crippen LogP contribution in [0.5, 0.6) is 0 Å². The van der Waals surface area contributed by atoms with Crippen molar-refractivity contribution in [3.63, 3.8) is 0 Å². The number of ether oxygens (including phenoxy) is 1. The molecule has 0 saturated carbocycles. The summed E-state index contributed by atoms with van der Waals surface area (Å²) in [5.41, 5.74) is 0.192. The van der Waals surface area contributed by atoms with Crippen molar-refractivity contribution in [3.05, 3.63) is 35.9 Å². The first kappa shape index (κ1) is 20.7. The van der Waals surface area contributed by atoms with Crippen molar-refractivity contribution in [2.45, 2.75) is 58.6 Å². The van der Waals surface area contributed by atoms with Crippen molar-refractivity contribution in [3.8, 4) is 0 Å². The molecule has 25 heavy (non-hydrogen) atoms. The Labute approximate surface area is 148 Å². The summed E-state index contributed by atoms with van der Waals surface area (Å²) in [7, 11) is 0. The van der Waals surface area contributed by atoms with Crippen LogP contribution in [0.2, 0.25) is 0 Å². The maximum absolute atomic E-state index is 12.6. The Morgan fingerprint density at radius 3 is 2.24 bits per heavy atom. The zero-order chi connectivity index (χ0) is 19.0. The van der Waals surface area contributed by atoms with E-state index in [2.05, 4.69) is 5.32 Å². The van der Waals surface area contributed by atoms with E-state index in [1.54, 1.807) is 27.7 Å². The third-order valence-electron chi connectivity index (χ3n) is 3.65. The second-order valence-electron chi connectivity index (χ2n) is 7.00. The number of Topliss-reactive ketones (excluding diaryl/α,β-unsaturated/α-hetero) is 1. The number of nitrogens with one attached hydrogen (secondary N) is 1. The third kappa shape index (κ3) is 7.83. The van der Waals surface area contributed by atoms with Gasteiger partial charge in [-0.25, -0.2) is 4.79 Å². The molecule has 0 heterocycles. The summed E-state index contributed by atoms with van der Waals surface area (Å²) in [5.74, 6) is -2.08. The Morgan fingerprint density at radius 2 is 1.76 bits per heavy atom. The first-order valence-corrected chi connectivity index (χ1v) is 8.41. The summed E-state index contributed by atoms with van der Waals surface area (Å²) in [5, 5.41) is 11.8. The molecular weight excluding hydrogens is 322 g/mol. The van der Waals surface area contributed by atoms with Gasteiger partial charge in [-0.15, -0.1) is 0 Å². The number of hydrogen-bond acceptors (Lipinski definition) is 4. The van der Waals surface area contributed by atoms with Crippen LogP contribution in [0.3, 0.4) is 0 Å². The molecule has 0 aliphatic carbocycles. The highest BCUT2D eigenvalue weighted by Gasteiger charge is 2.28. The van der Waals surface area contributed by atoms with Gasteiger partial charge in [-0.2, -0.15) is 0 Å². The normalized spacial score (nSPS) is 13.6. The summed E-state index contributed by atoms with van der Waals surface area (Å²) in [6.07, 6.45) is -0.176. The van der Waals surface area contributed by atoms with Crippen LogP contribution >= 0.6 is 0 Å². The van der Waals surface area contributed by atoms with E-state index in [1.807, 2.05) is 30.3 Å². The number of rotatable bonds is 8. The predicted octanol–water partition coefficient (Wildman–Crippen LogP) is 3.19. The number of carboxylic acids is 1. The highest BCUT2D eigenvalue weighted by Crippen LogP contribution is 2.14. The van der Waals surface area contributed by atoms with Crippen LogP contribution in [0.1, 0.15) is 46.1 Å². The van der Waals surface area contributed by atoms with Crippen LogP contribution in [-0.4, -0.2) is 34.6 Å². The fourth-order valence-electron chi connectivity index (χ4n) is 2.34. The van der Waals surface area contributed by atoms with Crippen LogP contribution in [0, 0.1) is 5.92 Å².